The van der Waals surface area contributed by atoms with Crippen molar-refractivity contribution >= 4 is 11.8 Å². The molecule has 0 radical (unpaired) electrons. The minimum Gasteiger partial charge on any atom is -0.271 e. The zero-order valence-electron chi connectivity index (χ0n) is 9.49. The molecule has 0 aliphatic rings. The molecule has 0 saturated carbocycles. The van der Waals surface area contributed by atoms with E-state index < -0.39 is 0 Å². The molecule has 84 valence electrons. The lowest BCUT2D eigenvalue weighted by atomic mass is 10.0. The summed E-state index contributed by atoms with van der Waals surface area (Å²) in [6.07, 6.45) is 1.22. The monoisotopic (exact) mass is 224 g/mol. The van der Waals surface area contributed by atoms with Gasteiger partial charge in [0.2, 0.25) is 0 Å². The van der Waals surface area contributed by atoms with E-state index in [4.69, 9.17) is 5.84 Å². The standard InChI is InChI=1S/C12H20N2S/c1-3-8-15-9-12(14-13)11-7-5-4-6-10(11)2/h4-7,12,14H,3,8-9,13H2,1-2H3. The highest BCUT2D eigenvalue weighted by atomic mass is 32.2. The van der Waals surface area contributed by atoms with Gasteiger partial charge < -0.3 is 0 Å². The van der Waals surface area contributed by atoms with Gasteiger partial charge in [-0.15, -0.1) is 0 Å². The van der Waals surface area contributed by atoms with E-state index >= 15 is 0 Å². The maximum atomic E-state index is 5.59. The van der Waals surface area contributed by atoms with Crippen molar-refractivity contribution in [1.29, 1.82) is 0 Å². The molecular formula is C12H20N2S. The molecule has 3 heteroatoms. The Kier molecular flexibility index (Phi) is 5.76. The first-order valence-corrected chi connectivity index (χ1v) is 6.54. The Labute approximate surface area is 96.6 Å². The summed E-state index contributed by atoms with van der Waals surface area (Å²) in [5.41, 5.74) is 5.51. The van der Waals surface area contributed by atoms with Crippen molar-refractivity contribution in [2.24, 2.45) is 5.84 Å². The van der Waals surface area contributed by atoms with Crippen LogP contribution in [-0.4, -0.2) is 11.5 Å². The van der Waals surface area contributed by atoms with Crippen molar-refractivity contribution < 1.29 is 0 Å². The van der Waals surface area contributed by atoms with Gasteiger partial charge in [-0.3, -0.25) is 11.3 Å². The third-order valence-corrected chi connectivity index (χ3v) is 3.66. The van der Waals surface area contributed by atoms with Gasteiger partial charge in [-0.05, 0) is 30.2 Å². The molecule has 0 spiro atoms. The van der Waals surface area contributed by atoms with Gasteiger partial charge in [-0.1, -0.05) is 31.2 Å². The topological polar surface area (TPSA) is 38.0 Å². The first-order chi connectivity index (χ1) is 7.29. The molecule has 0 amide bonds. The van der Waals surface area contributed by atoms with Gasteiger partial charge in [-0.2, -0.15) is 11.8 Å². The molecule has 0 heterocycles. The summed E-state index contributed by atoms with van der Waals surface area (Å²) in [6, 6.07) is 8.67. The molecule has 15 heavy (non-hydrogen) atoms. The van der Waals surface area contributed by atoms with E-state index in [-0.39, 0.29) is 6.04 Å². The lowest BCUT2D eigenvalue weighted by molar-refractivity contribution is 0.607. The van der Waals surface area contributed by atoms with Crippen molar-refractivity contribution in [3.8, 4) is 0 Å². The van der Waals surface area contributed by atoms with Crippen LogP contribution in [0.5, 0.6) is 0 Å². The van der Waals surface area contributed by atoms with E-state index in [1.165, 1.54) is 23.3 Å². The number of nitrogens with two attached hydrogens (primary N) is 1. The molecule has 0 bridgehead atoms. The van der Waals surface area contributed by atoms with Gasteiger partial charge in [0.25, 0.3) is 0 Å². The number of nitrogens with one attached hydrogen (secondary N) is 1. The summed E-state index contributed by atoms with van der Waals surface area (Å²) in [7, 11) is 0. The fourth-order valence-electron chi connectivity index (χ4n) is 1.55. The molecule has 0 aromatic heterocycles. The largest absolute Gasteiger partial charge is 0.271 e. The fraction of sp³-hybridized carbons (Fsp3) is 0.500. The Bertz CT molecular complexity index is 289. The lowest BCUT2D eigenvalue weighted by Gasteiger charge is -2.17. The predicted molar refractivity (Wildman–Crippen MR) is 68.9 cm³/mol. The van der Waals surface area contributed by atoms with E-state index in [1.54, 1.807) is 0 Å². The van der Waals surface area contributed by atoms with E-state index in [9.17, 15) is 0 Å². The second kappa shape index (κ2) is 6.88. The molecule has 0 fully saturated rings. The third kappa shape index (κ3) is 3.86. The first-order valence-electron chi connectivity index (χ1n) is 5.39. The van der Waals surface area contributed by atoms with Crippen LogP contribution in [0.25, 0.3) is 0 Å². The van der Waals surface area contributed by atoms with Gasteiger partial charge in [0.1, 0.15) is 0 Å². The Morgan fingerprint density at radius 3 is 2.73 bits per heavy atom. The zero-order chi connectivity index (χ0) is 11.1. The van der Waals surface area contributed by atoms with Crippen molar-refractivity contribution in [3.05, 3.63) is 35.4 Å². The summed E-state index contributed by atoms with van der Waals surface area (Å²) in [4.78, 5) is 0. The van der Waals surface area contributed by atoms with E-state index in [1.807, 2.05) is 11.8 Å². The highest BCUT2D eigenvalue weighted by Crippen LogP contribution is 2.21. The van der Waals surface area contributed by atoms with Crippen molar-refractivity contribution in [1.82, 2.24) is 5.43 Å². The molecule has 3 N–H and O–H groups in total. The zero-order valence-corrected chi connectivity index (χ0v) is 10.3. The molecule has 0 aliphatic heterocycles. The number of hydrazine groups is 1. The van der Waals surface area contributed by atoms with Crippen LogP contribution in [-0.2, 0) is 0 Å². The van der Waals surface area contributed by atoms with Gasteiger partial charge in [-0.25, -0.2) is 0 Å². The molecule has 1 aromatic rings. The van der Waals surface area contributed by atoms with Crippen LogP contribution in [0.2, 0.25) is 0 Å². The summed E-state index contributed by atoms with van der Waals surface area (Å²) in [6.45, 7) is 4.33. The lowest BCUT2D eigenvalue weighted by Crippen LogP contribution is -2.30. The molecule has 1 atom stereocenters. The minimum atomic E-state index is 0.266. The molecule has 1 rings (SSSR count). The van der Waals surface area contributed by atoms with E-state index in [2.05, 4.69) is 43.5 Å². The van der Waals surface area contributed by atoms with Crippen LogP contribution in [0.1, 0.15) is 30.5 Å². The Morgan fingerprint density at radius 1 is 1.40 bits per heavy atom. The Balaban J connectivity index is 2.61. The van der Waals surface area contributed by atoms with Gasteiger partial charge in [0, 0.05) is 5.75 Å². The number of hydrogen-bond donors (Lipinski definition) is 2. The van der Waals surface area contributed by atoms with Crippen LogP contribution in [0.4, 0.5) is 0 Å². The van der Waals surface area contributed by atoms with Gasteiger partial charge in [0.15, 0.2) is 0 Å². The first kappa shape index (κ1) is 12.6. The van der Waals surface area contributed by atoms with Crippen molar-refractivity contribution in [2.75, 3.05) is 11.5 Å². The summed E-state index contributed by atoms with van der Waals surface area (Å²) >= 11 is 1.95. The number of rotatable bonds is 6. The third-order valence-electron chi connectivity index (χ3n) is 2.40. The minimum absolute atomic E-state index is 0.266. The van der Waals surface area contributed by atoms with Crippen LogP contribution in [0.3, 0.4) is 0 Å². The Morgan fingerprint density at radius 2 is 2.13 bits per heavy atom. The predicted octanol–water partition coefficient (Wildman–Crippen LogP) is 2.64. The number of thioether (sulfide) groups is 1. The quantitative estimate of drug-likeness (QED) is 0.443. The molecule has 0 saturated heterocycles. The molecule has 1 unspecified atom stereocenters. The molecule has 2 nitrogen and oxygen atoms in total. The highest BCUT2D eigenvalue weighted by molar-refractivity contribution is 7.99. The van der Waals surface area contributed by atoms with Gasteiger partial charge >= 0.3 is 0 Å². The van der Waals surface area contributed by atoms with Crippen molar-refractivity contribution in [3.63, 3.8) is 0 Å². The van der Waals surface area contributed by atoms with Crippen LogP contribution in [0, 0.1) is 6.92 Å². The van der Waals surface area contributed by atoms with Crippen molar-refractivity contribution in [2.45, 2.75) is 26.3 Å². The summed E-state index contributed by atoms with van der Waals surface area (Å²) in [5.74, 6) is 7.83. The normalized spacial score (nSPS) is 12.7. The maximum absolute atomic E-state index is 5.59. The molecular weight excluding hydrogens is 204 g/mol. The summed E-state index contributed by atoms with van der Waals surface area (Å²) in [5, 5.41) is 0. The summed E-state index contributed by atoms with van der Waals surface area (Å²) < 4.78 is 0. The van der Waals surface area contributed by atoms with Crippen LogP contribution < -0.4 is 11.3 Å². The van der Waals surface area contributed by atoms with Crippen LogP contribution >= 0.6 is 11.8 Å². The van der Waals surface area contributed by atoms with E-state index in [0.717, 1.165) is 5.75 Å². The second-order valence-electron chi connectivity index (χ2n) is 3.65. The molecule has 1 aromatic carbocycles. The second-order valence-corrected chi connectivity index (χ2v) is 4.80. The maximum Gasteiger partial charge on any atom is 0.0552 e. The average molecular weight is 224 g/mol. The van der Waals surface area contributed by atoms with E-state index in [0.29, 0.717) is 0 Å². The smallest absolute Gasteiger partial charge is 0.0552 e. The SMILES string of the molecule is CCCSCC(NN)c1ccccc1C. The highest BCUT2D eigenvalue weighted by Gasteiger charge is 2.10. The average Bonchev–Trinajstić information content (AvgIpc) is 2.26. The number of aryl methyl sites for hydroxylation is 1. The van der Waals surface area contributed by atoms with Gasteiger partial charge in [0.05, 0.1) is 6.04 Å². The number of hydrogen-bond acceptors (Lipinski definition) is 3. The Hall–Kier alpha value is -0.510. The number of benzene rings is 1. The fourth-order valence-corrected chi connectivity index (χ4v) is 2.52. The van der Waals surface area contributed by atoms with Crippen LogP contribution in [0.15, 0.2) is 24.3 Å². The molecule has 0 aliphatic carbocycles.